The number of hydrogen-bond acceptors (Lipinski definition) is 5. The highest BCUT2D eigenvalue weighted by Gasteiger charge is 2.31. The summed E-state index contributed by atoms with van der Waals surface area (Å²) in [6.07, 6.45) is 3.93. The minimum Gasteiger partial charge on any atom is -0.272 e. The van der Waals surface area contributed by atoms with Crippen LogP contribution in [0.1, 0.15) is 6.92 Å². The smallest absolute Gasteiger partial charge is 0.246 e. The van der Waals surface area contributed by atoms with Crippen molar-refractivity contribution in [1.29, 1.82) is 0 Å². The second-order valence-corrected chi connectivity index (χ2v) is 8.52. The van der Waals surface area contributed by atoms with Crippen LogP contribution >= 0.6 is 0 Å². The molecular formula is C10H18N4O4S2. The van der Waals surface area contributed by atoms with Crippen molar-refractivity contribution in [3.8, 4) is 0 Å². The third kappa shape index (κ3) is 3.03. The topological polar surface area (TPSA) is 92.6 Å². The lowest BCUT2D eigenvalue weighted by atomic mass is 10.4. The van der Waals surface area contributed by atoms with E-state index >= 15 is 0 Å². The first-order valence-corrected chi connectivity index (χ1v) is 9.51. The van der Waals surface area contributed by atoms with Crippen LogP contribution in [-0.2, 0) is 26.6 Å². The largest absolute Gasteiger partial charge is 0.272 e. The van der Waals surface area contributed by atoms with Gasteiger partial charge in [-0.1, -0.05) is 0 Å². The lowest BCUT2D eigenvalue weighted by Crippen LogP contribution is -2.50. The Morgan fingerprint density at radius 3 is 2.10 bits per heavy atom. The van der Waals surface area contributed by atoms with Crippen molar-refractivity contribution < 1.29 is 16.8 Å². The van der Waals surface area contributed by atoms with Crippen molar-refractivity contribution in [2.75, 3.05) is 32.4 Å². The molecule has 1 aliphatic heterocycles. The molecule has 0 radical (unpaired) electrons. The predicted molar refractivity (Wildman–Crippen MR) is 73.1 cm³/mol. The molecule has 20 heavy (non-hydrogen) atoms. The minimum absolute atomic E-state index is 0.146. The van der Waals surface area contributed by atoms with Gasteiger partial charge in [0.25, 0.3) is 0 Å². The molecule has 0 amide bonds. The van der Waals surface area contributed by atoms with Crippen LogP contribution in [0.5, 0.6) is 0 Å². The Bertz CT molecular complexity index is 672. The lowest BCUT2D eigenvalue weighted by molar-refractivity contribution is 0.274. The second-order valence-electron chi connectivity index (χ2n) is 4.60. The molecule has 0 spiro atoms. The molecule has 1 aromatic heterocycles. The van der Waals surface area contributed by atoms with Crippen molar-refractivity contribution in [3.63, 3.8) is 0 Å². The van der Waals surface area contributed by atoms with Gasteiger partial charge in [0.2, 0.25) is 20.0 Å². The zero-order chi connectivity index (χ0) is 15.0. The Balaban J connectivity index is 2.13. The molecule has 1 aliphatic rings. The van der Waals surface area contributed by atoms with Gasteiger partial charge in [-0.05, 0) is 6.92 Å². The predicted octanol–water partition coefficient (Wildman–Crippen LogP) is -0.831. The zero-order valence-corrected chi connectivity index (χ0v) is 13.1. The van der Waals surface area contributed by atoms with Crippen LogP contribution in [-0.4, -0.2) is 67.7 Å². The molecule has 0 atom stereocenters. The molecule has 0 saturated carbocycles. The normalized spacial score (nSPS) is 19.3. The molecule has 114 valence electrons. The van der Waals surface area contributed by atoms with Crippen molar-refractivity contribution in [3.05, 3.63) is 12.4 Å². The average Bonchev–Trinajstić information content (AvgIpc) is 2.87. The quantitative estimate of drug-likeness (QED) is 0.721. The van der Waals surface area contributed by atoms with Gasteiger partial charge in [-0.25, -0.2) is 16.8 Å². The van der Waals surface area contributed by atoms with Crippen LogP contribution in [0.2, 0.25) is 0 Å². The second kappa shape index (κ2) is 5.43. The van der Waals surface area contributed by atoms with Crippen LogP contribution in [0.4, 0.5) is 0 Å². The Kier molecular flexibility index (Phi) is 4.19. The highest BCUT2D eigenvalue weighted by Crippen LogP contribution is 2.17. The van der Waals surface area contributed by atoms with Crippen molar-refractivity contribution in [2.45, 2.75) is 18.4 Å². The van der Waals surface area contributed by atoms with Crippen LogP contribution in [0.3, 0.4) is 0 Å². The van der Waals surface area contributed by atoms with Gasteiger partial charge in [-0.3, -0.25) is 4.68 Å². The first kappa shape index (κ1) is 15.4. The maximum Gasteiger partial charge on any atom is 0.246 e. The summed E-state index contributed by atoms with van der Waals surface area (Å²) in [6.45, 7) is 3.14. The highest BCUT2D eigenvalue weighted by molar-refractivity contribution is 7.89. The standard InChI is InChI=1S/C10H18N4O4S2/c1-3-12-9-10(8-11-12)20(17,18)14-6-4-13(5-7-14)19(2,15)16/h8-9H,3-7H2,1-2H3. The Morgan fingerprint density at radius 2 is 1.65 bits per heavy atom. The molecule has 0 bridgehead atoms. The van der Waals surface area contributed by atoms with E-state index in [2.05, 4.69) is 5.10 Å². The van der Waals surface area contributed by atoms with E-state index in [1.54, 1.807) is 4.68 Å². The summed E-state index contributed by atoms with van der Waals surface area (Å²) in [4.78, 5) is 0.146. The van der Waals surface area contributed by atoms with Crippen molar-refractivity contribution in [2.24, 2.45) is 0 Å². The summed E-state index contributed by atoms with van der Waals surface area (Å²) in [6, 6.07) is 0. The van der Waals surface area contributed by atoms with E-state index in [0.29, 0.717) is 6.54 Å². The first-order chi connectivity index (χ1) is 9.25. The number of nitrogens with zero attached hydrogens (tertiary/aromatic N) is 4. The molecule has 1 fully saturated rings. The van der Waals surface area contributed by atoms with Crippen LogP contribution in [0.15, 0.2) is 17.3 Å². The fourth-order valence-corrected chi connectivity index (χ4v) is 4.25. The minimum atomic E-state index is -3.59. The molecule has 1 aromatic rings. The molecule has 0 aromatic carbocycles. The maximum atomic E-state index is 12.4. The third-order valence-corrected chi connectivity index (χ3v) is 6.39. The van der Waals surface area contributed by atoms with E-state index < -0.39 is 20.0 Å². The van der Waals surface area contributed by atoms with E-state index in [9.17, 15) is 16.8 Å². The van der Waals surface area contributed by atoms with E-state index in [1.165, 1.54) is 21.0 Å². The Labute approximate surface area is 119 Å². The summed E-state index contributed by atoms with van der Waals surface area (Å²) in [7, 11) is -6.86. The summed E-state index contributed by atoms with van der Waals surface area (Å²) >= 11 is 0. The van der Waals surface area contributed by atoms with Crippen molar-refractivity contribution in [1.82, 2.24) is 18.4 Å². The zero-order valence-electron chi connectivity index (χ0n) is 11.4. The van der Waals surface area contributed by atoms with E-state index in [4.69, 9.17) is 0 Å². The van der Waals surface area contributed by atoms with Crippen LogP contribution in [0.25, 0.3) is 0 Å². The van der Waals surface area contributed by atoms with Crippen LogP contribution in [0, 0.1) is 0 Å². The molecule has 10 heteroatoms. The van der Waals surface area contributed by atoms with Gasteiger partial charge < -0.3 is 0 Å². The molecule has 0 aliphatic carbocycles. The van der Waals surface area contributed by atoms with E-state index in [0.717, 1.165) is 6.26 Å². The van der Waals surface area contributed by atoms with Gasteiger partial charge in [0, 0.05) is 38.9 Å². The Morgan fingerprint density at radius 1 is 1.10 bits per heavy atom. The summed E-state index contributed by atoms with van der Waals surface area (Å²) in [5.74, 6) is 0. The summed E-state index contributed by atoms with van der Waals surface area (Å²) < 4.78 is 51.7. The molecule has 1 saturated heterocycles. The number of hydrogen-bond donors (Lipinski definition) is 0. The molecule has 0 N–H and O–H groups in total. The number of rotatable bonds is 4. The fourth-order valence-electron chi connectivity index (χ4n) is 2.04. The first-order valence-electron chi connectivity index (χ1n) is 6.23. The molecular weight excluding hydrogens is 304 g/mol. The summed E-state index contributed by atoms with van der Waals surface area (Å²) in [5.41, 5.74) is 0. The van der Waals surface area contributed by atoms with Gasteiger partial charge in [-0.2, -0.15) is 13.7 Å². The molecule has 2 rings (SSSR count). The van der Waals surface area contributed by atoms with E-state index in [1.807, 2.05) is 6.92 Å². The number of sulfonamides is 2. The van der Waals surface area contributed by atoms with E-state index in [-0.39, 0.29) is 31.1 Å². The van der Waals surface area contributed by atoms with Gasteiger partial charge in [0.15, 0.2) is 0 Å². The van der Waals surface area contributed by atoms with Gasteiger partial charge in [0.05, 0.1) is 12.5 Å². The van der Waals surface area contributed by atoms with Crippen LogP contribution < -0.4 is 0 Å². The number of piperazine rings is 1. The maximum absolute atomic E-state index is 12.4. The summed E-state index contributed by atoms with van der Waals surface area (Å²) in [5, 5.41) is 3.95. The lowest BCUT2D eigenvalue weighted by Gasteiger charge is -2.32. The SMILES string of the molecule is CCn1cc(S(=O)(=O)N2CCN(S(C)(=O)=O)CC2)cn1. The van der Waals surface area contributed by atoms with Gasteiger partial charge in [0.1, 0.15) is 4.90 Å². The average molecular weight is 322 g/mol. The van der Waals surface area contributed by atoms with Crippen molar-refractivity contribution >= 4 is 20.0 Å². The Hall–Kier alpha value is -0.970. The number of aromatic nitrogens is 2. The van der Waals surface area contributed by atoms with Gasteiger partial charge in [-0.15, -0.1) is 0 Å². The highest BCUT2D eigenvalue weighted by atomic mass is 32.2. The molecule has 8 nitrogen and oxygen atoms in total. The number of aryl methyl sites for hydroxylation is 1. The molecule has 0 unspecified atom stereocenters. The fraction of sp³-hybridized carbons (Fsp3) is 0.700. The molecule has 2 heterocycles. The van der Waals surface area contributed by atoms with Gasteiger partial charge >= 0.3 is 0 Å². The third-order valence-electron chi connectivity index (χ3n) is 3.24. The monoisotopic (exact) mass is 322 g/mol.